The van der Waals surface area contributed by atoms with Gasteiger partial charge >= 0.3 is 0 Å². The Hall–Kier alpha value is -0.880. The number of nitrogen functional groups attached to an aromatic ring is 1. The third-order valence-corrected chi connectivity index (χ3v) is 2.98. The first kappa shape index (κ1) is 11.6. The highest BCUT2D eigenvalue weighted by molar-refractivity contribution is 6.31. The minimum absolute atomic E-state index is 0.211. The van der Waals surface area contributed by atoms with E-state index in [-0.39, 0.29) is 12.7 Å². The van der Waals surface area contributed by atoms with Crippen molar-refractivity contribution in [3.05, 3.63) is 22.8 Å². The van der Waals surface area contributed by atoms with Gasteiger partial charge in [-0.15, -0.1) is 0 Å². The van der Waals surface area contributed by atoms with Crippen molar-refractivity contribution in [2.45, 2.75) is 24.7 Å². The van der Waals surface area contributed by atoms with Gasteiger partial charge in [-0.2, -0.15) is 0 Å². The van der Waals surface area contributed by atoms with E-state index in [2.05, 4.69) is 4.98 Å². The molecule has 4 N–H and O–H groups in total. The zero-order valence-corrected chi connectivity index (χ0v) is 9.26. The molecule has 0 bridgehead atoms. The molecule has 1 aliphatic heterocycles. The lowest BCUT2D eigenvalue weighted by atomic mass is 10.1. The Morgan fingerprint density at radius 2 is 2.38 bits per heavy atom. The summed E-state index contributed by atoms with van der Waals surface area (Å²) >= 11 is 6.00. The molecule has 1 aromatic rings. The predicted octanol–water partition coefficient (Wildman–Crippen LogP) is 0.500. The molecule has 2 rings (SSSR count). The molecular formula is C10H13ClN2O3. The first-order valence-corrected chi connectivity index (χ1v) is 5.35. The third kappa shape index (κ3) is 2.12. The summed E-state index contributed by atoms with van der Waals surface area (Å²) in [5.41, 5.74) is 6.17. The summed E-state index contributed by atoms with van der Waals surface area (Å²) in [7, 11) is 0. The highest BCUT2D eigenvalue weighted by atomic mass is 35.5. The SMILES string of the molecule is Nc1cc(Cl)c([C@H]2C[C@H](O)[C@@H](CO)O2)cn1. The standard InChI is InChI=1S/C10H13ClN2O3/c11-6-1-10(12)13-3-5(6)8-2-7(15)9(4-14)16-8/h1,3,7-9,14-15H,2,4H2,(H2,12,13)/t7-,8+,9+/m0/s1. The van der Waals surface area contributed by atoms with E-state index in [1.165, 1.54) is 6.20 Å². The van der Waals surface area contributed by atoms with Crippen molar-refractivity contribution in [2.24, 2.45) is 0 Å². The van der Waals surface area contributed by atoms with Crippen LogP contribution in [-0.2, 0) is 4.74 Å². The summed E-state index contributed by atoms with van der Waals surface area (Å²) in [6.07, 6.45) is 0.362. The van der Waals surface area contributed by atoms with Crippen molar-refractivity contribution in [3.8, 4) is 0 Å². The zero-order chi connectivity index (χ0) is 11.7. The molecule has 88 valence electrons. The van der Waals surface area contributed by atoms with Crippen LogP contribution in [0.2, 0.25) is 5.02 Å². The van der Waals surface area contributed by atoms with E-state index in [1.54, 1.807) is 6.07 Å². The fourth-order valence-corrected chi connectivity index (χ4v) is 2.07. The Kier molecular flexibility index (Phi) is 3.30. The number of aromatic nitrogens is 1. The Labute approximate surface area is 97.8 Å². The lowest BCUT2D eigenvalue weighted by Gasteiger charge is -2.13. The topological polar surface area (TPSA) is 88.6 Å². The van der Waals surface area contributed by atoms with Crippen LogP contribution in [0.25, 0.3) is 0 Å². The van der Waals surface area contributed by atoms with Crippen LogP contribution in [0.3, 0.4) is 0 Å². The van der Waals surface area contributed by atoms with Gasteiger partial charge in [-0.1, -0.05) is 11.6 Å². The molecule has 0 aromatic carbocycles. The van der Waals surface area contributed by atoms with Crippen LogP contribution < -0.4 is 5.73 Å². The van der Waals surface area contributed by atoms with Gasteiger partial charge in [-0.25, -0.2) is 4.98 Å². The van der Waals surface area contributed by atoms with Crippen molar-refractivity contribution in [2.75, 3.05) is 12.3 Å². The number of nitrogens with two attached hydrogens (primary N) is 1. The summed E-state index contributed by atoms with van der Waals surface area (Å²) in [5, 5.41) is 19.0. The second-order valence-electron chi connectivity index (χ2n) is 3.78. The van der Waals surface area contributed by atoms with Crippen LogP contribution in [0.5, 0.6) is 0 Å². The first-order valence-electron chi connectivity index (χ1n) is 4.97. The third-order valence-electron chi connectivity index (χ3n) is 2.65. The number of rotatable bonds is 2. The normalized spacial score (nSPS) is 29.6. The van der Waals surface area contributed by atoms with Crippen LogP contribution in [0, 0.1) is 0 Å². The van der Waals surface area contributed by atoms with Gasteiger partial charge in [-0.3, -0.25) is 0 Å². The Balaban J connectivity index is 2.20. The molecule has 3 atom stereocenters. The molecule has 2 heterocycles. The summed E-state index contributed by atoms with van der Waals surface area (Å²) in [5.74, 6) is 0.339. The van der Waals surface area contributed by atoms with Gasteiger partial charge in [0.1, 0.15) is 11.9 Å². The first-order chi connectivity index (χ1) is 7.61. The van der Waals surface area contributed by atoms with Gasteiger partial charge in [0.2, 0.25) is 0 Å². The molecule has 1 saturated heterocycles. The van der Waals surface area contributed by atoms with E-state index in [4.69, 9.17) is 27.2 Å². The fourth-order valence-electron chi connectivity index (χ4n) is 1.79. The molecule has 0 amide bonds. The van der Waals surface area contributed by atoms with Crippen molar-refractivity contribution >= 4 is 17.4 Å². The number of hydrogen-bond acceptors (Lipinski definition) is 5. The highest BCUT2D eigenvalue weighted by Gasteiger charge is 2.35. The molecule has 1 aromatic heterocycles. The molecule has 6 heteroatoms. The number of halogens is 1. The number of aliphatic hydroxyl groups excluding tert-OH is 2. The second-order valence-corrected chi connectivity index (χ2v) is 4.19. The van der Waals surface area contributed by atoms with Crippen molar-refractivity contribution in [1.82, 2.24) is 4.98 Å². The number of hydrogen-bond donors (Lipinski definition) is 3. The smallest absolute Gasteiger partial charge is 0.124 e. The van der Waals surface area contributed by atoms with Gasteiger partial charge in [0.25, 0.3) is 0 Å². The molecule has 1 aliphatic rings. The minimum atomic E-state index is -0.677. The Morgan fingerprint density at radius 1 is 1.62 bits per heavy atom. The van der Waals surface area contributed by atoms with E-state index in [0.717, 1.165) is 0 Å². The van der Waals surface area contributed by atoms with Crippen molar-refractivity contribution in [1.29, 1.82) is 0 Å². The van der Waals surface area contributed by atoms with Crippen LogP contribution in [0.15, 0.2) is 12.3 Å². The van der Waals surface area contributed by atoms with E-state index in [9.17, 15) is 5.11 Å². The molecule has 0 radical (unpaired) electrons. The molecule has 1 fully saturated rings. The number of pyridine rings is 1. The number of anilines is 1. The number of nitrogens with zero attached hydrogens (tertiary/aromatic N) is 1. The van der Waals surface area contributed by atoms with Crippen LogP contribution in [0.1, 0.15) is 18.1 Å². The van der Waals surface area contributed by atoms with Crippen LogP contribution >= 0.6 is 11.6 Å². The lowest BCUT2D eigenvalue weighted by Crippen LogP contribution is -2.24. The van der Waals surface area contributed by atoms with Crippen LogP contribution in [0.4, 0.5) is 5.82 Å². The largest absolute Gasteiger partial charge is 0.394 e. The predicted molar refractivity (Wildman–Crippen MR) is 59.0 cm³/mol. The monoisotopic (exact) mass is 244 g/mol. The summed E-state index contributed by atoms with van der Waals surface area (Å²) in [4.78, 5) is 3.93. The van der Waals surface area contributed by atoms with E-state index in [0.29, 0.717) is 22.8 Å². The van der Waals surface area contributed by atoms with Gasteiger partial charge in [0, 0.05) is 18.2 Å². The maximum Gasteiger partial charge on any atom is 0.124 e. The van der Waals surface area contributed by atoms with E-state index in [1.807, 2.05) is 0 Å². The fraction of sp³-hybridized carbons (Fsp3) is 0.500. The second kappa shape index (κ2) is 4.55. The van der Waals surface area contributed by atoms with Gasteiger partial charge in [0.15, 0.2) is 0 Å². The molecule has 0 spiro atoms. The molecule has 0 aliphatic carbocycles. The van der Waals surface area contributed by atoms with Gasteiger partial charge < -0.3 is 20.7 Å². The number of aliphatic hydroxyl groups is 2. The average molecular weight is 245 g/mol. The summed E-state index contributed by atoms with van der Waals surface area (Å²) in [6, 6.07) is 1.54. The quantitative estimate of drug-likeness (QED) is 0.705. The lowest BCUT2D eigenvalue weighted by molar-refractivity contribution is -0.0226. The molecular weight excluding hydrogens is 232 g/mol. The van der Waals surface area contributed by atoms with Crippen molar-refractivity contribution < 1.29 is 14.9 Å². The van der Waals surface area contributed by atoms with Gasteiger partial charge in [-0.05, 0) is 6.07 Å². The van der Waals surface area contributed by atoms with Crippen molar-refractivity contribution in [3.63, 3.8) is 0 Å². The molecule has 16 heavy (non-hydrogen) atoms. The number of ether oxygens (including phenoxy) is 1. The van der Waals surface area contributed by atoms with Crippen LogP contribution in [-0.4, -0.2) is 34.0 Å². The Morgan fingerprint density at radius 3 is 2.94 bits per heavy atom. The maximum absolute atomic E-state index is 9.59. The zero-order valence-electron chi connectivity index (χ0n) is 8.51. The van der Waals surface area contributed by atoms with E-state index < -0.39 is 12.2 Å². The average Bonchev–Trinajstić information content (AvgIpc) is 2.59. The molecule has 5 nitrogen and oxygen atoms in total. The summed E-state index contributed by atoms with van der Waals surface area (Å²) < 4.78 is 5.46. The Bertz CT molecular complexity index is 388. The summed E-state index contributed by atoms with van der Waals surface area (Å²) in [6.45, 7) is -0.211. The minimum Gasteiger partial charge on any atom is -0.394 e. The van der Waals surface area contributed by atoms with Gasteiger partial charge in [0.05, 0.1) is 23.8 Å². The highest BCUT2D eigenvalue weighted by Crippen LogP contribution is 2.36. The maximum atomic E-state index is 9.59. The molecule has 0 saturated carbocycles. The molecule has 0 unspecified atom stereocenters. The van der Waals surface area contributed by atoms with E-state index >= 15 is 0 Å².